The summed E-state index contributed by atoms with van der Waals surface area (Å²) in [6.45, 7) is 10.5. The summed E-state index contributed by atoms with van der Waals surface area (Å²) in [5.41, 5.74) is -0.105. The quantitative estimate of drug-likeness (QED) is 0.527. The number of carbonyl (C=O) groups is 2. The molecule has 0 radical (unpaired) electrons. The monoisotopic (exact) mass is 603 g/mol. The molecule has 2 aromatic rings. The molecule has 3 saturated heterocycles. The van der Waals surface area contributed by atoms with Gasteiger partial charge < -0.3 is 15.1 Å². The number of para-hydroxylation sites is 1. The molecule has 6 rings (SSSR count). The molecule has 0 bridgehead atoms. The summed E-state index contributed by atoms with van der Waals surface area (Å²) in [5, 5.41) is 3.40. The van der Waals surface area contributed by atoms with Gasteiger partial charge in [-0.3, -0.25) is 24.3 Å². The molecule has 232 valence electrons. The fourth-order valence-electron chi connectivity index (χ4n) is 7.26. The number of fused-ring (bicyclic) bond motifs is 2. The van der Waals surface area contributed by atoms with Gasteiger partial charge in [0.25, 0.3) is 0 Å². The Hall–Kier alpha value is -3.29. The van der Waals surface area contributed by atoms with Gasteiger partial charge in [-0.2, -0.15) is 13.2 Å². The molecule has 2 amide bonds. The van der Waals surface area contributed by atoms with Gasteiger partial charge in [-0.25, -0.2) is 9.37 Å². The predicted molar refractivity (Wildman–Crippen MR) is 155 cm³/mol. The van der Waals surface area contributed by atoms with Crippen molar-refractivity contribution in [3.8, 4) is 0 Å². The molecule has 43 heavy (non-hydrogen) atoms. The number of alkyl halides is 3. The highest BCUT2D eigenvalue weighted by molar-refractivity contribution is 6.10. The number of nitrogens with zero attached hydrogens (tertiary/aromatic N) is 6. The molecule has 1 aromatic heterocycles. The minimum absolute atomic E-state index is 0.0640. The molecule has 0 unspecified atom stereocenters. The van der Waals surface area contributed by atoms with Gasteiger partial charge in [0, 0.05) is 77.4 Å². The molecule has 1 spiro atoms. The second-order valence-electron chi connectivity index (χ2n) is 12.2. The van der Waals surface area contributed by atoms with Crippen molar-refractivity contribution >= 4 is 29.0 Å². The zero-order chi connectivity index (χ0) is 30.7. The van der Waals surface area contributed by atoms with Crippen LogP contribution in [-0.2, 0) is 15.8 Å². The van der Waals surface area contributed by atoms with Gasteiger partial charge in [0.2, 0.25) is 11.8 Å². The van der Waals surface area contributed by atoms with E-state index in [1.54, 1.807) is 6.07 Å². The molecule has 4 aliphatic heterocycles. The summed E-state index contributed by atoms with van der Waals surface area (Å²) in [7, 11) is 1.52. The van der Waals surface area contributed by atoms with E-state index in [0.717, 1.165) is 56.3 Å². The van der Waals surface area contributed by atoms with Crippen LogP contribution >= 0.6 is 0 Å². The van der Waals surface area contributed by atoms with E-state index in [1.165, 1.54) is 31.0 Å². The number of hydrogen-bond acceptors (Lipinski definition) is 7. The SMILES string of the molecule is CCN1CCN(CCN2C[C@H]3CC(=O)N(c4cc(C(F)(F)F)cc(C)n4)[C@@H]3C(=O)N(C)c3cccc(F)c32)CC12CNC2. The van der Waals surface area contributed by atoms with Crippen molar-refractivity contribution in [2.45, 2.75) is 38.0 Å². The van der Waals surface area contributed by atoms with Gasteiger partial charge in [0.15, 0.2) is 0 Å². The summed E-state index contributed by atoms with van der Waals surface area (Å²) in [5.74, 6) is -2.22. The molecule has 13 heteroatoms. The Morgan fingerprint density at radius 2 is 1.88 bits per heavy atom. The Morgan fingerprint density at radius 1 is 1.12 bits per heavy atom. The van der Waals surface area contributed by atoms with Crippen molar-refractivity contribution in [1.29, 1.82) is 0 Å². The molecule has 0 aliphatic carbocycles. The molecule has 3 fully saturated rings. The summed E-state index contributed by atoms with van der Waals surface area (Å²) >= 11 is 0. The number of amides is 2. The highest BCUT2D eigenvalue weighted by atomic mass is 19.4. The van der Waals surface area contributed by atoms with Crippen LogP contribution in [0.3, 0.4) is 0 Å². The minimum atomic E-state index is -4.64. The Labute approximate surface area is 248 Å². The van der Waals surface area contributed by atoms with Crippen LogP contribution in [0, 0.1) is 18.7 Å². The fourth-order valence-corrected chi connectivity index (χ4v) is 7.26. The van der Waals surface area contributed by atoms with Crippen molar-refractivity contribution in [1.82, 2.24) is 20.1 Å². The standard InChI is InChI=1S/C30H37F4N7O2/c1-4-40-11-9-38(18-29(40)16-35-17-29)8-10-39-15-20-13-25(42)41(24-14-21(30(32,33)34)12-19(2)36-24)26(20)28(43)37(3)23-7-5-6-22(31)27(23)39/h5-7,12,14,20,26,35H,4,8-11,13,15-18H2,1-3H3/t20-,26+/m1/s1. The average Bonchev–Trinajstić information content (AvgIpc) is 3.27. The first-order chi connectivity index (χ1) is 20.4. The molecule has 5 heterocycles. The van der Waals surface area contributed by atoms with Gasteiger partial charge in [-0.1, -0.05) is 13.0 Å². The van der Waals surface area contributed by atoms with E-state index >= 15 is 4.39 Å². The number of hydrogen-bond donors (Lipinski definition) is 1. The molecular weight excluding hydrogens is 566 g/mol. The fraction of sp³-hybridized carbons (Fsp3) is 0.567. The van der Waals surface area contributed by atoms with Crippen LogP contribution < -0.4 is 20.0 Å². The van der Waals surface area contributed by atoms with E-state index in [4.69, 9.17) is 0 Å². The van der Waals surface area contributed by atoms with E-state index in [-0.39, 0.29) is 30.0 Å². The summed E-state index contributed by atoms with van der Waals surface area (Å²) in [6, 6.07) is 5.21. The van der Waals surface area contributed by atoms with E-state index in [9.17, 15) is 22.8 Å². The maximum Gasteiger partial charge on any atom is 0.416 e. The molecule has 1 aromatic carbocycles. The number of pyridine rings is 1. The summed E-state index contributed by atoms with van der Waals surface area (Å²) in [4.78, 5) is 40.9. The minimum Gasteiger partial charge on any atom is -0.366 e. The highest BCUT2D eigenvalue weighted by Crippen LogP contribution is 2.41. The lowest BCUT2D eigenvalue weighted by Crippen LogP contribution is -2.76. The first kappa shape index (κ1) is 29.8. The molecule has 4 aliphatic rings. The van der Waals surface area contributed by atoms with Gasteiger partial charge in [0.1, 0.15) is 17.7 Å². The number of halogens is 4. The zero-order valence-electron chi connectivity index (χ0n) is 24.6. The van der Waals surface area contributed by atoms with Crippen LogP contribution in [0.15, 0.2) is 30.3 Å². The molecule has 9 nitrogen and oxygen atoms in total. The third kappa shape index (κ3) is 5.25. The zero-order valence-corrected chi connectivity index (χ0v) is 24.6. The normalized spacial score (nSPS) is 24.6. The predicted octanol–water partition coefficient (Wildman–Crippen LogP) is 2.73. The number of carbonyl (C=O) groups excluding carboxylic acids is 2. The number of likely N-dealkylation sites (N-methyl/N-ethyl adjacent to an activating group) is 2. The number of rotatable bonds is 5. The molecule has 2 atom stereocenters. The van der Waals surface area contributed by atoms with Crippen molar-refractivity contribution in [3.63, 3.8) is 0 Å². The summed E-state index contributed by atoms with van der Waals surface area (Å²) in [6.07, 6.45) is -4.71. The van der Waals surface area contributed by atoms with E-state index in [0.29, 0.717) is 24.5 Å². The number of benzene rings is 1. The molecular formula is C30H37F4N7O2. The van der Waals surface area contributed by atoms with E-state index < -0.39 is 41.3 Å². The van der Waals surface area contributed by atoms with Crippen molar-refractivity contribution in [2.75, 3.05) is 80.7 Å². The number of piperazine rings is 1. The van der Waals surface area contributed by atoms with E-state index in [1.807, 2.05) is 4.90 Å². The van der Waals surface area contributed by atoms with Crippen LogP contribution in [0.5, 0.6) is 0 Å². The van der Waals surface area contributed by atoms with Gasteiger partial charge in [-0.15, -0.1) is 0 Å². The van der Waals surface area contributed by atoms with Crippen LogP contribution in [0.4, 0.5) is 34.8 Å². The third-order valence-electron chi connectivity index (χ3n) is 9.48. The summed E-state index contributed by atoms with van der Waals surface area (Å²) < 4.78 is 56.6. The maximum atomic E-state index is 15.5. The average molecular weight is 604 g/mol. The largest absolute Gasteiger partial charge is 0.416 e. The van der Waals surface area contributed by atoms with Gasteiger partial charge in [0.05, 0.1) is 22.5 Å². The van der Waals surface area contributed by atoms with Crippen molar-refractivity contribution in [3.05, 3.63) is 47.4 Å². The van der Waals surface area contributed by atoms with Gasteiger partial charge >= 0.3 is 6.18 Å². The van der Waals surface area contributed by atoms with Crippen LogP contribution in [0.2, 0.25) is 0 Å². The highest BCUT2D eigenvalue weighted by Gasteiger charge is 2.50. The van der Waals surface area contributed by atoms with Crippen molar-refractivity contribution < 1.29 is 27.2 Å². The Kier molecular flexibility index (Phi) is 7.62. The molecule has 0 saturated carbocycles. The number of nitrogens with one attached hydrogen (secondary N) is 1. The Bertz CT molecular complexity index is 1420. The maximum absolute atomic E-state index is 15.5. The second-order valence-corrected chi connectivity index (χ2v) is 12.2. The lowest BCUT2D eigenvalue weighted by Gasteiger charge is -2.56. The first-order valence-corrected chi connectivity index (χ1v) is 14.8. The Balaban J connectivity index is 1.32. The number of anilines is 3. The Morgan fingerprint density at radius 3 is 2.56 bits per heavy atom. The first-order valence-electron chi connectivity index (χ1n) is 14.8. The topological polar surface area (TPSA) is 75.3 Å². The lowest BCUT2D eigenvalue weighted by atomic mass is 9.87. The third-order valence-corrected chi connectivity index (χ3v) is 9.48. The molecule has 1 N–H and O–H groups in total. The van der Waals surface area contributed by atoms with Crippen LogP contribution in [0.25, 0.3) is 0 Å². The van der Waals surface area contributed by atoms with Crippen LogP contribution in [-0.4, -0.2) is 104 Å². The lowest BCUT2D eigenvalue weighted by molar-refractivity contribution is -0.137. The number of aryl methyl sites for hydroxylation is 1. The van der Waals surface area contributed by atoms with E-state index in [2.05, 4.69) is 27.0 Å². The smallest absolute Gasteiger partial charge is 0.366 e. The van der Waals surface area contributed by atoms with Crippen LogP contribution in [0.1, 0.15) is 24.6 Å². The number of aromatic nitrogens is 1. The second kappa shape index (κ2) is 11.0. The van der Waals surface area contributed by atoms with Crippen molar-refractivity contribution in [2.24, 2.45) is 5.92 Å². The van der Waals surface area contributed by atoms with Gasteiger partial charge in [-0.05, 0) is 37.7 Å².